The second-order valence-corrected chi connectivity index (χ2v) is 7.39. The topological polar surface area (TPSA) is 55.8 Å². The van der Waals surface area contributed by atoms with Crippen molar-refractivity contribution in [1.82, 2.24) is 4.90 Å². The third kappa shape index (κ3) is 2.79. The predicted octanol–water partition coefficient (Wildman–Crippen LogP) is 2.71. The van der Waals surface area contributed by atoms with Crippen molar-refractivity contribution < 1.29 is 19.1 Å². The Morgan fingerprint density at radius 1 is 0.917 bits per heavy atom. The summed E-state index contributed by atoms with van der Waals surface area (Å²) in [4.78, 5) is 27.2. The van der Waals surface area contributed by atoms with E-state index in [1.807, 2.05) is 12.2 Å². The Kier molecular flexibility index (Phi) is 4.96. The zero-order valence-electron chi connectivity index (χ0n) is 15.8. The normalized spacial score (nSPS) is 27.8. The van der Waals surface area contributed by atoms with Gasteiger partial charge in [-0.05, 0) is 59.7 Å². The molecule has 1 saturated heterocycles. The molecule has 24 heavy (non-hydrogen) atoms. The van der Waals surface area contributed by atoms with E-state index < -0.39 is 11.8 Å². The van der Waals surface area contributed by atoms with Crippen LogP contribution in [0.25, 0.3) is 0 Å². The number of hydrogen-bond donors (Lipinski definition) is 0. The van der Waals surface area contributed by atoms with Crippen LogP contribution in [0.5, 0.6) is 0 Å². The largest absolute Gasteiger partial charge is 0.466 e. The number of likely N-dealkylation sites (N-methyl/N-ethyl adjacent to an activating group) is 1. The van der Waals surface area contributed by atoms with Crippen molar-refractivity contribution >= 4 is 11.9 Å². The predicted molar refractivity (Wildman–Crippen MR) is 92.3 cm³/mol. The van der Waals surface area contributed by atoms with Gasteiger partial charge in [-0.2, -0.15) is 0 Å². The van der Waals surface area contributed by atoms with Gasteiger partial charge < -0.3 is 9.47 Å². The fourth-order valence-corrected chi connectivity index (χ4v) is 3.78. The van der Waals surface area contributed by atoms with E-state index in [0.717, 1.165) is 11.1 Å². The Morgan fingerprint density at radius 3 is 1.54 bits per heavy atom. The summed E-state index contributed by atoms with van der Waals surface area (Å²) in [7, 11) is 2.07. The summed E-state index contributed by atoms with van der Waals surface area (Å²) in [6.45, 7) is 12.7. The molecule has 134 valence electrons. The number of ether oxygens (including phenoxy) is 2. The van der Waals surface area contributed by atoms with E-state index in [1.165, 1.54) is 0 Å². The lowest BCUT2D eigenvalue weighted by Crippen LogP contribution is -2.45. The van der Waals surface area contributed by atoms with Crippen LogP contribution in [0.3, 0.4) is 0 Å². The SMILES string of the molecule is CCOC(=O)C1C=C2C(=CC1C(=O)OCC)C(C)(C)N(C)C2(C)C. The van der Waals surface area contributed by atoms with Crippen LogP contribution in [0, 0.1) is 11.8 Å². The van der Waals surface area contributed by atoms with Crippen molar-refractivity contribution in [3.05, 3.63) is 23.3 Å². The highest BCUT2D eigenvalue weighted by Crippen LogP contribution is 2.51. The van der Waals surface area contributed by atoms with E-state index in [1.54, 1.807) is 13.8 Å². The minimum Gasteiger partial charge on any atom is -0.466 e. The van der Waals surface area contributed by atoms with Crippen LogP contribution in [0.1, 0.15) is 41.5 Å². The van der Waals surface area contributed by atoms with Crippen LogP contribution >= 0.6 is 0 Å². The van der Waals surface area contributed by atoms with E-state index in [2.05, 4.69) is 39.6 Å². The molecule has 1 fully saturated rings. The molecule has 0 aromatic rings. The van der Waals surface area contributed by atoms with Gasteiger partial charge in [0.05, 0.1) is 25.0 Å². The molecule has 0 N–H and O–H groups in total. The average molecular weight is 335 g/mol. The number of hydrogen-bond acceptors (Lipinski definition) is 5. The number of fused-ring (bicyclic) bond motifs is 1. The molecule has 2 atom stereocenters. The first-order valence-corrected chi connectivity index (χ1v) is 8.61. The number of esters is 2. The molecule has 0 bridgehead atoms. The monoisotopic (exact) mass is 335 g/mol. The Morgan fingerprint density at radius 2 is 1.25 bits per heavy atom. The van der Waals surface area contributed by atoms with E-state index >= 15 is 0 Å². The van der Waals surface area contributed by atoms with Crippen molar-refractivity contribution in [2.75, 3.05) is 20.3 Å². The fraction of sp³-hybridized carbons (Fsp3) is 0.684. The van der Waals surface area contributed by atoms with Crippen molar-refractivity contribution in [1.29, 1.82) is 0 Å². The van der Waals surface area contributed by atoms with Gasteiger partial charge in [0.2, 0.25) is 0 Å². The number of likely N-dealkylation sites (tertiary alicyclic amines) is 1. The first-order valence-electron chi connectivity index (χ1n) is 8.61. The summed E-state index contributed by atoms with van der Waals surface area (Å²) in [5.41, 5.74) is 1.74. The first-order chi connectivity index (χ1) is 11.1. The highest BCUT2D eigenvalue weighted by molar-refractivity contribution is 5.87. The minimum absolute atomic E-state index is 0.223. The summed E-state index contributed by atoms with van der Waals surface area (Å²) < 4.78 is 10.4. The molecular weight excluding hydrogens is 306 g/mol. The van der Waals surface area contributed by atoms with Gasteiger partial charge in [0.15, 0.2) is 0 Å². The molecule has 0 amide bonds. The van der Waals surface area contributed by atoms with E-state index in [9.17, 15) is 9.59 Å². The quantitative estimate of drug-likeness (QED) is 0.740. The smallest absolute Gasteiger partial charge is 0.314 e. The Labute approximate surface area is 144 Å². The number of carbonyl (C=O) groups excluding carboxylic acids is 2. The summed E-state index contributed by atoms with van der Waals surface area (Å²) in [5, 5.41) is 0. The molecule has 5 nitrogen and oxygen atoms in total. The van der Waals surface area contributed by atoms with Gasteiger partial charge in [-0.25, -0.2) is 0 Å². The fourth-order valence-electron chi connectivity index (χ4n) is 3.78. The van der Waals surface area contributed by atoms with Gasteiger partial charge in [-0.1, -0.05) is 12.2 Å². The van der Waals surface area contributed by atoms with Crippen LogP contribution in [0.4, 0.5) is 0 Å². The number of nitrogens with zero attached hydrogens (tertiary/aromatic N) is 1. The molecule has 1 aliphatic heterocycles. The zero-order chi connectivity index (χ0) is 18.3. The van der Waals surface area contributed by atoms with E-state index in [0.29, 0.717) is 13.2 Å². The van der Waals surface area contributed by atoms with Gasteiger partial charge in [-0.15, -0.1) is 0 Å². The number of carbonyl (C=O) groups is 2. The Balaban J connectivity index is 2.54. The number of rotatable bonds is 4. The molecule has 0 aromatic carbocycles. The van der Waals surface area contributed by atoms with Crippen LogP contribution in [0.15, 0.2) is 23.3 Å². The van der Waals surface area contributed by atoms with Gasteiger partial charge >= 0.3 is 11.9 Å². The van der Waals surface area contributed by atoms with Gasteiger partial charge in [-0.3, -0.25) is 14.5 Å². The molecule has 5 heteroatoms. The maximum absolute atomic E-state index is 12.4. The highest BCUT2D eigenvalue weighted by atomic mass is 16.5. The van der Waals surface area contributed by atoms with E-state index in [4.69, 9.17) is 9.47 Å². The molecule has 2 aliphatic rings. The summed E-state index contributed by atoms with van der Waals surface area (Å²) in [6.07, 6.45) is 3.83. The third-order valence-corrected chi connectivity index (χ3v) is 5.48. The molecular formula is C19H29NO4. The highest BCUT2D eigenvalue weighted by Gasteiger charge is 2.53. The molecule has 0 saturated carbocycles. The molecule has 0 radical (unpaired) electrons. The summed E-state index contributed by atoms with van der Waals surface area (Å²) in [5.74, 6) is -2.02. The Bertz CT molecular complexity index is 548. The van der Waals surface area contributed by atoms with Gasteiger partial charge in [0.1, 0.15) is 0 Å². The van der Waals surface area contributed by atoms with Crippen LogP contribution in [0.2, 0.25) is 0 Å². The second kappa shape index (κ2) is 6.36. The molecule has 1 aliphatic carbocycles. The van der Waals surface area contributed by atoms with Gasteiger partial charge in [0, 0.05) is 11.1 Å². The average Bonchev–Trinajstić information content (AvgIpc) is 2.65. The second-order valence-electron chi connectivity index (χ2n) is 7.39. The lowest BCUT2D eigenvalue weighted by Gasteiger charge is -2.36. The maximum Gasteiger partial charge on any atom is 0.314 e. The van der Waals surface area contributed by atoms with Crippen LogP contribution < -0.4 is 0 Å². The van der Waals surface area contributed by atoms with Crippen molar-refractivity contribution in [3.63, 3.8) is 0 Å². The molecule has 1 heterocycles. The van der Waals surface area contributed by atoms with Crippen molar-refractivity contribution in [2.24, 2.45) is 11.8 Å². The van der Waals surface area contributed by atoms with Crippen LogP contribution in [-0.4, -0.2) is 48.2 Å². The minimum atomic E-state index is -0.635. The van der Waals surface area contributed by atoms with Crippen molar-refractivity contribution in [3.8, 4) is 0 Å². The van der Waals surface area contributed by atoms with E-state index in [-0.39, 0.29) is 23.0 Å². The lowest BCUT2D eigenvalue weighted by atomic mass is 9.75. The molecule has 0 spiro atoms. The van der Waals surface area contributed by atoms with Gasteiger partial charge in [0.25, 0.3) is 0 Å². The van der Waals surface area contributed by atoms with Crippen molar-refractivity contribution in [2.45, 2.75) is 52.6 Å². The first kappa shape index (κ1) is 18.7. The lowest BCUT2D eigenvalue weighted by molar-refractivity contribution is -0.156. The zero-order valence-corrected chi connectivity index (χ0v) is 15.8. The Hall–Kier alpha value is -1.62. The third-order valence-electron chi connectivity index (χ3n) is 5.48. The maximum atomic E-state index is 12.4. The summed E-state index contributed by atoms with van der Waals surface area (Å²) in [6, 6.07) is 0. The molecule has 2 rings (SSSR count). The molecule has 2 unspecified atom stereocenters. The standard InChI is InChI=1S/C19H29NO4/c1-8-23-16(21)12-10-14-15(11-13(12)17(22)24-9-2)19(5,6)20(7)18(14,3)4/h10-13H,8-9H2,1-7H3. The molecule has 0 aromatic heterocycles. The van der Waals surface area contributed by atoms with Crippen LogP contribution in [-0.2, 0) is 19.1 Å². The summed E-state index contributed by atoms with van der Waals surface area (Å²) >= 11 is 0.